The van der Waals surface area contributed by atoms with Crippen molar-refractivity contribution >= 4 is 6.29 Å². The molecule has 76 valence electrons. The molecule has 0 heterocycles. The molecule has 0 radical (unpaired) electrons. The molecule has 0 unspecified atom stereocenters. The minimum absolute atomic E-state index is 0.140. The fourth-order valence-electron chi connectivity index (χ4n) is 1.42. The summed E-state index contributed by atoms with van der Waals surface area (Å²) in [7, 11) is 3.84. The number of likely N-dealkylation sites (N-methyl/N-ethyl adjacent to an activating group) is 2. The van der Waals surface area contributed by atoms with Crippen LogP contribution in [0.15, 0.2) is 36.0 Å². The van der Waals surface area contributed by atoms with E-state index >= 15 is 0 Å². The van der Waals surface area contributed by atoms with Crippen LogP contribution in [0.25, 0.3) is 0 Å². The summed E-state index contributed by atoms with van der Waals surface area (Å²) in [6.45, 7) is 0. The summed E-state index contributed by atoms with van der Waals surface area (Å²) in [5.74, 6) is 0. The molecule has 0 aromatic carbocycles. The molecule has 0 aromatic rings. The minimum Gasteiger partial charge on any atom is -0.299 e. The Morgan fingerprint density at radius 1 is 1.43 bits per heavy atom. The predicted octanol–water partition coefficient (Wildman–Crippen LogP) is 0.763. The second kappa shape index (κ2) is 4.88. The van der Waals surface area contributed by atoms with E-state index < -0.39 is 0 Å². The Hall–Kier alpha value is -1.19. The van der Waals surface area contributed by atoms with Gasteiger partial charge in [-0.15, -0.1) is 0 Å². The smallest absolute Gasteiger partial charge is 0.142 e. The predicted molar refractivity (Wildman–Crippen MR) is 57.9 cm³/mol. The van der Waals surface area contributed by atoms with Gasteiger partial charge in [0.05, 0.1) is 5.66 Å². The van der Waals surface area contributed by atoms with Gasteiger partial charge in [-0.1, -0.05) is 18.2 Å². The van der Waals surface area contributed by atoms with Crippen LogP contribution < -0.4 is 10.6 Å². The Balaban J connectivity index is 2.69. The summed E-state index contributed by atoms with van der Waals surface area (Å²) in [6, 6.07) is 0. The molecule has 0 amide bonds. The van der Waals surface area contributed by atoms with Gasteiger partial charge in [0.15, 0.2) is 0 Å². The number of carbonyl (C=O) groups excluding carboxylic acids is 1. The van der Waals surface area contributed by atoms with Crippen molar-refractivity contribution in [1.29, 1.82) is 0 Å². The summed E-state index contributed by atoms with van der Waals surface area (Å²) in [5.41, 5.74) is 0.927. The van der Waals surface area contributed by atoms with Gasteiger partial charge in [0.2, 0.25) is 0 Å². The van der Waals surface area contributed by atoms with Crippen LogP contribution in [0.3, 0.4) is 0 Å². The van der Waals surface area contributed by atoms with Crippen LogP contribution in [0, 0.1) is 0 Å². The maximum atomic E-state index is 10.1. The lowest BCUT2D eigenvalue weighted by atomic mass is 9.96. The van der Waals surface area contributed by atoms with Gasteiger partial charge >= 0.3 is 0 Å². The molecule has 1 aliphatic rings. The standard InChI is InChI=1S/C11H16N2O/c1-12-11(13-2)7-5-10(6-8-11)4-3-9-14/h3-7,9,12-13H,8H2,1-2H3. The lowest BCUT2D eigenvalue weighted by molar-refractivity contribution is -0.104. The van der Waals surface area contributed by atoms with Gasteiger partial charge in [-0.25, -0.2) is 0 Å². The first-order valence-electron chi connectivity index (χ1n) is 4.65. The lowest BCUT2D eigenvalue weighted by Gasteiger charge is -2.31. The first-order valence-corrected chi connectivity index (χ1v) is 4.65. The molecule has 3 heteroatoms. The summed E-state index contributed by atoms with van der Waals surface area (Å²) in [6.07, 6.45) is 11.1. The normalized spacial score (nSPS) is 19.7. The molecule has 1 aliphatic carbocycles. The number of carbonyl (C=O) groups is 1. The molecule has 0 fully saturated rings. The van der Waals surface area contributed by atoms with Gasteiger partial charge in [-0.05, 0) is 31.8 Å². The van der Waals surface area contributed by atoms with E-state index in [1.165, 1.54) is 6.08 Å². The van der Waals surface area contributed by atoms with Crippen LogP contribution in [-0.4, -0.2) is 26.0 Å². The molecule has 2 N–H and O–H groups in total. The van der Waals surface area contributed by atoms with Crippen LogP contribution in [0.5, 0.6) is 0 Å². The van der Waals surface area contributed by atoms with Crippen molar-refractivity contribution in [3.8, 4) is 0 Å². The fourth-order valence-corrected chi connectivity index (χ4v) is 1.42. The average molecular weight is 192 g/mol. The van der Waals surface area contributed by atoms with Crippen molar-refractivity contribution in [2.24, 2.45) is 0 Å². The van der Waals surface area contributed by atoms with E-state index in [0.29, 0.717) is 0 Å². The largest absolute Gasteiger partial charge is 0.299 e. The number of hydrogen-bond acceptors (Lipinski definition) is 3. The van der Waals surface area contributed by atoms with Gasteiger partial charge in [0, 0.05) is 6.42 Å². The summed E-state index contributed by atoms with van der Waals surface area (Å²) in [4.78, 5) is 10.1. The van der Waals surface area contributed by atoms with Gasteiger partial charge in [0.1, 0.15) is 6.29 Å². The molecule has 1 rings (SSSR count). The van der Waals surface area contributed by atoms with Gasteiger partial charge < -0.3 is 0 Å². The Bertz CT molecular complexity index is 286. The van der Waals surface area contributed by atoms with Crippen molar-refractivity contribution in [2.75, 3.05) is 14.1 Å². The van der Waals surface area contributed by atoms with Crippen LogP contribution in [0.2, 0.25) is 0 Å². The molecule has 14 heavy (non-hydrogen) atoms. The quantitative estimate of drug-likeness (QED) is 0.392. The maximum Gasteiger partial charge on any atom is 0.142 e. The average Bonchev–Trinajstić information content (AvgIpc) is 2.27. The van der Waals surface area contributed by atoms with E-state index in [0.717, 1.165) is 18.3 Å². The van der Waals surface area contributed by atoms with E-state index in [1.54, 1.807) is 6.08 Å². The van der Waals surface area contributed by atoms with E-state index in [4.69, 9.17) is 0 Å². The third-order valence-corrected chi connectivity index (χ3v) is 2.48. The molecule has 0 aromatic heterocycles. The second-order valence-corrected chi connectivity index (χ2v) is 3.21. The number of nitrogens with one attached hydrogen (secondary N) is 2. The fraction of sp³-hybridized carbons (Fsp3) is 0.364. The number of aldehydes is 1. The van der Waals surface area contributed by atoms with E-state index in [2.05, 4.69) is 22.8 Å². The maximum absolute atomic E-state index is 10.1. The number of allylic oxidation sites excluding steroid dienone is 4. The second-order valence-electron chi connectivity index (χ2n) is 3.21. The highest BCUT2D eigenvalue weighted by molar-refractivity contribution is 5.66. The SMILES string of the molecule is CNC1(NC)C=CC(C=CC=O)=CC1. The molecular formula is C11H16N2O. The van der Waals surface area contributed by atoms with E-state index in [9.17, 15) is 4.79 Å². The molecule has 0 aliphatic heterocycles. The zero-order valence-corrected chi connectivity index (χ0v) is 8.58. The molecule has 0 spiro atoms. The van der Waals surface area contributed by atoms with E-state index in [1.807, 2.05) is 20.2 Å². The summed E-state index contributed by atoms with van der Waals surface area (Å²) in [5, 5.41) is 6.42. The Kier molecular flexibility index (Phi) is 3.80. The Morgan fingerprint density at radius 3 is 2.57 bits per heavy atom. The number of hydrogen-bond donors (Lipinski definition) is 2. The van der Waals surface area contributed by atoms with Crippen molar-refractivity contribution in [3.05, 3.63) is 36.0 Å². The monoisotopic (exact) mass is 192 g/mol. The first-order chi connectivity index (χ1) is 6.76. The summed E-state index contributed by atoms with van der Waals surface area (Å²) >= 11 is 0. The molecule has 0 saturated carbocycles. The highest BCUT2D eigenvalue weighted by atomic mass is 16.1. The first kappa shape index (κ1) is 10.9. The highest BCUT2D eigenvalue weighted by Gasteiger charge is 2.22. The van der Waals surface area contributed by atoms with Crippen molar-refractivity contribution in [2.45, 2.75) is 12.1 Å². The topological polar surface area (TPSA) is 41.1 Å². The third-order valence-electron chi connectivity index (χ3n) is 2.48. The lowest BCUT2D eigenvalue weighted by Crippen LogP contribution is -2.52. The molecule has 3 nitrogen and oxygen atoms in total. The highest BCUT2D eigenvalue weighted by Crippen LogP contribution is 2.18. The van der Waals surface area contributed by atoms with Crippen LogP contribution in [0.1, 0.15) is 6.42 Å². The summed E-state index contributed by atoms with van der Waals surface area (Å²) < 4.78 is 0. The third kappa shape index (κ3) is 2.40. The molecule has 0 atom stereocenters. The minimum atomic E-state index is -0.140. The van der Waals surface area contributed by atoms with Crippen molar-refractivity contribution < 1.29 is 4.79 Å². The van der Waals surface area contributed by atoms with Gasteiger partial charge in [0.25, 0.3) is 0 Å². The Labute approximate surface area is 84.6 Å². The zero-order valence-electron chi connectivity index (χ0n) is 8.58. The van der Waals surface area contributed by atoms with E-state index in [-0.39, 0.29) is 5.66 Å². The van der Waals surface area contributed by atoms with Crippen molar-refractivity contribution in [1.82, 2.24) is 10.6 Å². The molecular weight excluding hydrogens is 176 g/mol. The Morgan fingerprint density at radius 2 is 2.14 bits per heavy atom. The number of rotatable bonds is 4. The molecule has 0 saturated heterocycles. The van der Waals surface area contributed by atoms with Crippen LogP contribution in [-0.2, 0) is 4.79 Å². The van der Waals surface area contributed by atoms with Crippen LogP contribution >= 0.6 is 0 Å². The van der Waals surface area contributed by atoms with Crippen LogP contribution in [0.4, 0.5) is 0 Å². The van der Waals surface area contributed by atoms with Gasteiger partial charge in [-0.2, -0.15) is 0 Å². The van der Waals surface area contributed by atoms with Gasteiger partial charge in [-0.3, -0.25) is 15.4 Å². The molecule has 0 bridgehead atoms. The zero-order chi connectivity index (χ0) is 10.4. The van der Waals surface area contributed by atoms with Crippen molar-refractivity contribution in [3.63, 3.8) is 0 Å².